The van der Waals surface area contributed by atoms with Crippen molar-refractivity contribution in [2.24, 2.45) is 0 Å². The van der Waals surface area contributed by atoms with Gasteiger partial charge in [0.1, 0.15) is 6.54 Å². The van der Waals surface area contributed by atoms with Crippen molar-refractivity contribution in [3.63, 3.8) is 0 Å². The molecule has 2 heterocycles. The van der Waals surface area contributed by atoms with Crippen LogP contribution in [0.3, 0.4) is 0 Å². The molecule has 2 N–H and O–H groups in total. The van der Waals surface area contributed by atoms with E-state index in [9.17, 15) is 9.59 Å². The van der Waals surface area contributed by atoms with Gasteiger partial charge in [-0.05, 0) is 17.7 Å². The second kappa shape index (κ2) is 8.56. The van der Waals surface area contributed by atoms with Crippen molar-refractivity contribution >= 4 is 12.0 Å². The molecule has 2 amide bonds. The van der Waals surface area contributed by atoms with Gasteiger partial charge in [0, 0.05) is 5.56 Å². The summed E-state index contributed by atoms with van der Waals surface area (Å²) in [5.41, 5.74) is 2.26. The summed E-state index contributed by atoms with van der Waals surface area (Å²) in [6.45, 7) is 2.01. The Morgan fingerprint density at radius 3 is 2.50 bits per heavy atom. The first-order chi connectivity index (χ1) is 14.7. The summed E-state index contributed by atoms with van der Waals surface area (Å²) >= 11 is 0. The highest BCUT2D eigenvalue weighted by Crippen LogP contribution is 2.28. The number of carbonyl (C=O) groups excluding carboxylic acids is 2. The Labute approximate surface area is 172 Å². The molecule has 2 aromatic carbocycles. The monoisotopic (exact) mass is 404 g/mol. The number of allylic oxidation sites excluding steroid dienone is 1. The fraction of sp³-hybridized carbons (Fsp3) is 0.190. The van der Waals surface area contributed by atoms with Crippen LogP contribution in [-0.4, -0.2) is 38.8 Å². The third kappa shape index (κ3) is 4.04. The van der Waals surface area contributed by atoms with Crippen molar-refractivity contribution in [1.82, 2.24) is 30.8 Å². The van der Waals surface area contributed by atoms with Crippen molar-refractivity contribution in [3.05, 3.63) is 77.5 Å². The summed E-state index contributed by atoms with van der Waals surface area (Å²) < 4.78 is 5.26. The number of amides is 2. The lowest BCUT2D eigenvalue weighted by Crippen LogP contribution is -2.47. The van der Waals surface area contributed by atoms with Crippen molar-refractivity contribution < 1.29 is 14.3 Å². The van der Waals surface area contributed by atoms with Crippen LogP contribution in [0.1, 0.15) is 18.5 Å². The minimum absolute atomic E-state index is 0.0603. The van der Waals surface area contributed by atoms with E-state index >= 15 is 0 Å². The van der Waals surface area contributed by atoms with Crippen molar-refractivity contribution in [2.75, 3.05) is 6.61 Å². The first-order valence-electron chi connectivity index (χ1n) is 9.51. The van der Waals surface area contributed by atoms with Gasteiger partial charge in [-0.3, -0.25) is 0 Å². The van der Waals surface area contributed by atoms with Crippen molar-refractivity contribution in [2.45, 2.75) is 19.5 Å². The first kappa shape index (κ1) is 19.3. The summed E-state index contributed by atoms with van der Waals surface area (Å²) in [6.07, 6.45) is 0. The Morgan fingerprint density at radius 2 is 1.80 bits per heavy atom. The van der Waals surface area contributed by atoms with E-state index in [0.717, 1.165) is 11.1 Å². The van der Waals surface area contributed by atoms with E-state index in [1.807, 2.05) is 60.7 Å². The molecule has 0 fully saturated rings. The molecule has 0 saturated carbocycles. The molecule has 1 aliphatic heterocycles. The van der Waals surface area contributed by atoms with Crippen LogP contribution in [-0.2, 0) is 16.1 Å². The van der Waals surface area contributed by atoms with Crippen molar-refractivity contribution in [1.29, 1.82) is 0 Å². The quantitative estimate of drug-likeness (QED) is 0.610. The van der Waals surface area contributed by atoms with Crippen LogP contribution in [0.15, 0.2) is 71.9 Å². The first-order valence-corrected chi connectivity index (χ1v) is 9.51. The Bertz CT molecular complexity index is 1080. The normalized spacial score (nSPS) is 16.0. The Morgan fingerprint density at radius 1 is 1.10 bits per heavy atom. The number of benzene rings is 2. The highest BCUT2D eigenvalue weighted by molar-refractivity contribution is 5.95. The fourth-order valence-electron chi connectivity index (χ4n) is 3.24. The van der Waals surface area contributed by atoms with E-state index in [4.69, 9.17) is 4.74 Å². The van der Waals surface area contributed by atoms with Gasteiger partial charge in [-0.15, -0.1) is 10.2 Å². The largest absolute Gasteiger partial charge is 0.463 e. The number of nitrogens with one attached hydrogen (secondary N) is 2. The van der Waals surface area contributed by atoms with E-state index in [1.54, 1.807) is 6.92 Å². The molecule has 9 heteroatoms. The van der Waals surface area contributed by atoms with Gasteiger partial charge < -0.3 is 15.4 Å². The van der Waals surface area contributed by atoms with Crippen LogP contribution in [0.5, 0.6) is 0 Å². The van der Waals surface area contributed by atoms with E-state index in [0.29, 0.717) is 17.1 Å². The molecular formula is C21H20N6O3. The molecule has 30 heavy (non-hydrogen) atoms. The predicted octanol–water partition coefficient (Wildman–Crippen LogP) is 2.21. The number of esters is 1. The van der Waals surface area contributed by atoms with E-state index in [-0.39, 0.29) is 13.2 Å². The van der Waals surface area contributed by atoms with Crippen LogP contribution >= 0.6 is 0 Å². The van der Waals surface area contributed by atoms with Crippen molar-refractivity contribution in [3.8, 4) is 11.4 Å². The lowest BCUT2D eigenvalue weighted by molar-refractivity contribution is -0.139. The lowest BCUT2D eigenvalue weighted by atomic mass is 9.95. The number of carbonyl (C=O) groups is 2. The summed E-state index contributed by atoms with van der Waals surface area (Å²) in [6, 6.07) is 17.6. The topological polar surface area (TPSA) is 111 Å². The number of ether oxygens (including phenoxy) is 1. The van der Waals surface area contributed by atoms with E-state index in [1.165, 1.54) is 4.80 Å². The van der Waals surface area contributed by atoms with Crippen LogP contribution in [0.25, 0.3) is 11.4 Å². The van der Waals surface area contributed by atoms with Gasteiger partial charge in [0.15, 0.2) is 0 Å². The molecule has 0 radical (unpaired) electrons. The van der Waals surface area contributed by atoms with Gasteiger partial charge in [-0.25, -0.2) is 9.59 Å². The summed E-state index contributed by atoms with van der Waals surface area (Å²) in [7, 11) is 0. The van der Waals surface area contributed by atoms with Gasteiger partial charge in [0.25, 0.3) is 0 Å². The molecule has 0 saturated heterocycles. The zero-order valence-corrected chi connectivity index (χ0v) is 16.3. The maximum Gasteiger partial charge on any atom is 0.338 e. The van der Waals surface area contributed by atoms with E-state index in [2.05, 4.69) is 26.0 Å². The number of hydrogen-bond donors (Lipinski definition) is 2. The summed E-state index contributed by atoms with van der Waals surface area (Å²) in [5, 5.41) is 18.0. The minimum atomic E-state index is -0.647. The average molecular weight is 404 g/mol. The molecule has 0 aliphatic carbocycles. The number of hydrogen-bond acceptors (Lipinski definition) is 6. The van der Waals surface area contributed by atoms with Crippen LogP contribution in [0.2, 0.25) is 0 Å². The molecule has 1 aliphatic rings. The molecule has 1 atom stereocenters. The Hall–Kier alpha value is -4.01. The molecule has 1 aromatic heterocycles. The molecule has 3 aromatic rings. The SMILES string of the molecule is CCOC(=O)C1=C(Cn2nnc(-c3ccccc3)n2)NC(=O)NC1c1ccccc1. The smallest absolute Gasteiger partial charge is 0.338 e. The van der Waals surface area contributed by atoms with Crippen LogP contribution < -0.4 is 10.6 Å². The number of urea groups is 1. The molecule has 0 spiro atoms. The second-order valence-electron chi connectivity index (χ2n) is 6.56. The van der Waals surface area contributed by atoms with Gasteiger partial charge in [-0.1, -0.05) is 60.7 Å². The zero-order valence-electron chi connectivity index (χ0n) is 16.3. The molecule has 152 valence electrons. The molecular weight excluding hydrogens is 384 g/mol. The Kier molecular flexibility index (Phi) is 5.51. The lowest BCUT2D eigenvalue weighted by Gasteiger charge is -2.29. The zero-order chi connectivity index (χ0) is 20.9. The number of aromatic nitrogens is 4. The predicted molar refractivity (Wildman–Crippen MR) is 108 cm³/mol. The molecule has 0 bridgehead atoms. The van der Waals surface area contributed by atoms with Gasteiger partial charge in [0.2, 0.25) is 5.82 Å². The fourth-order valence-corrected chi connectivity index (χ4v) is 3.24. The van der Waals surface area contributed by atoms with Gasteiger partial charge in [-0.2, -0.15) is 4.80 Å². The maximum atomic E-state index is 12.8. The number of tetrazole rings is 1. The summed E-state index contributed by atoms with van der Waals surface area (Å²) in [5.74, 6) is -0.0639. The standard InChI is InChI=1S/C21H20N6O3/c1-2-30-20(28)17-16(22-21(29)23-18(17)14-9-5-3-6-10-14)13-27-25-19(24-26-27)15-11-7-4-8-12-15/h3-12,18H,2,13H2,1H3,(H2,22,23,29). The second-order valence-corrected chi connectivity index (χ2v) is 6.56. The highest BCUT2D eigenvalue weighted by Gasteiger charge is 2.34. The molecule has 4 rings (SSSR count). The van der Waals surface area contributed by atoms with Gasteiger partial charge >= 0.3 is 12.0 Å². The summed E-state index contributed by atoms with van der Waals surface area (Å²) in [4.78, 5) is 26.4. The van der Waals surface area contributed by atoms with Crippen LogP contribution in [0, 0.1) is 0 Å². The number of rotatable bonds is 6. The van der Waals surface area contributed by atoms with Gasteiger partial charge in [0.05, 0.1) is 23.9 Å². The molecule has 1 unspecified atom stereocenters. The minimum Gasteiger partial charge on any atom is -0.463 e. The third-order valence-electron chi connectivity index (χ3n) is 4.57. The maximum absolute atomic E-state index is 12.8. The Balaban J connectivity index is 1.71. The molecule has 9 nitrogen and oxygen atoms in total. The van der Waals surface area contributed by atoms with Crippen LogP contribution in [0.4, 0.5) is 4.79 Å². The average Bonchev–Trinajstić information content (AvgIpc) is 3.23. The third-order valence-corrected chi connectivity index (χ3v) is 4.57. The number of nitrogens with zero attached hydrogens (tertiary/aromatic N) is 4. The highest BCUT2D eigenvalue weighted by atomic mass is 16.5. The van der Waals surface area contributed by atoms with E-state index < -0.39 is 18.0 Å².